The van der Waals surface area contributed by atoms with Crippen LogP contribution in [0.2, 0.25) is 0 Å². The van der Waals surface area contributed by atoms with Gasteiger partial charge in [0.1, 0.15) is 10.1 Å². The van der Waals surface area contributed by atoms with E-state index in [0.29, 0.717) is 11.8 Å². The number of nitrogens with zero attached hydrogens (tertiary/aromatic N) is 2. The van der Waals surface area contributed by atoms with Crippen LogP contribution < -0.4 is 5.32 Å². The summed E-state index contributed by atoms with van der Waals surface area (Å²) in [5, 5.41) is 4.84. The fraction of sp³-hybridized carbons (Fsp3) is 0.421. The number of benzene rings is 1. The fourth-order valence-electron chi connectivity index (χ4n) is 2.91. The summed E-state index contributed by atoms with van der Waals surface area (Å²) in [6, 6.07) is 10.4. The molecule has 6 heteroatoms. The van der Waals surface area contributed by atoms with Gasteiger partial charge in [0.15, 0.2) is 0 Å². The van der Waals surface area contributed by atoms with E-state index in [1.165, 1.54) is 37.4 Å². The molecule has 1 aromatic heterocycles. The topological polar surface area (TPSA) is 54.9 Å². The molecule has 1 N–H and O–H groups in total. The molecule has 0 unspecified atom stereocenters. The van der Waals surface area contributed by atoms with Gasteiger partial charge in [-0.3, -0.25) is 4.79 Å². The van der Waals surface area contributed by atoms with Gasteiger partial charge in [-0.2, -0.15) is 0 Å². The van der Waals surface area contributed by atoms with Crippen molar-refractivity contribution in [3.05, 3.63) is 42.7 Å². The van der Waals surface area contributed by atoms with Crippen LogP contribution >= 0.6 is 23.5 Å². The highest BCUT2D eigenvalue weighted by Gasteiger charge is 2.16. The molecular weight excluding hydrogens is 350 g/mol. The van der Waals surface area contributed by atoms with Crippen molar-refractivity contribution < 1.29 is 4.79 Å². The second kappa shape index (κ2) is 9.82. The second-order valence-corrected chi connectivity index (χ2v) is 8.15. The summed E-state index contributed by atoms with van der Waals surface area (Å²) in [7, 11) is 0. The SMILES string of the molecule is O=C(CSc1nccnc1Sc1ccccc1)NC1CCCCCC1. The summed E-state index contributed by atoms with van der Waals surface area (Å²) in [5.74, 6) is 0.482. The Morgan fingerprint density at radius 2 is 1.68 bits per heavy atom. The molecule has 4 nitrogen and oxygen atoms in total. The van der Waals surface area contributed by atoms with Crippen molar-refractivity contribution in [3.63, 3.8) is 0 Å². The Hall–Kier alpha value is -1.53. The van der Waals surface area contributed by atoms with Crippen LogP contribution in [0.1, 0.15) is 38.5 Å². The maximum Gasteiger partial charge on any atom is 0.230 e. The van der Waals surface area contributed by atoms with Gasteiger partial charge in [0.2, 0.25) is 5.91 Å². The summed E-state index contributed by atoms with van der Waals surface area (Å²) in [4.78, 5) is 22.2. The Kier molecular flexibility index (Phi) is 7.18. The van der Waals surface area contributed by atoms with Crippen LogP contribution in [-0.4, -0.2) is 27.7 Å². The first kappa shape index (κ1) is 18.3. The van der Waals surface area contributed by atoms with E-state index in [0.717, 1.165) is 27.8 Å². The molecule has 0 aliphatic heterocycles. The first-order chi connectivity index (χ1) is 12.3. The van der Waals surface area contributed by atoms with Crippen molar-refractivity contribution in [3.8, 4) is 0 Å². The lowest BCUT2D eigenvalue weighted by molar-refractivity contribution is -0.119. The third-order valence-electron chi connectivity index (χ3n) is 4.15. The van der Waals surface area contributed by atoms with Crippen LogP contribution in [0.4, 0.5) is 0 Å². The molecule has 1 aliphatic rings. The molecule has 1 aromatic carbocycles. The molecule has 0 spiro atoms. The van der Waals surface area contributed by atoms with Gasteiger partial charge < -0.3 is 5.32 Å². The van der Waals surface area contributed by atoms with Crippen molar-refractivity contribution in [1.29, 1.82) is 0 Å². The van der Waals surface area contributed by atoms with Crippen molar-refractivity contribution >= 4 is 29.4 Å². The van der Waals surface area contributed by atoms with Gasteiger partial charge >= 0.3 is 0 Å². The second-order valence-electron chi connectivity index (χ2n) is 6.13. The highest BCUT2D eigenvalue weighted by atomic mass is 32.2. The van der Waals surface area contributed by atoms with Gasteiger partial charge in [-0.1, -0.05) is 67.4 Å². The molecule has 1 saturated carbocycles. The number of amides is 1. The number of carbonyl (C=O) groups excluding carboxylic acids is 1. The summed E-state index contributed by atoms with van der Waals surface area (Å²) in [6.45, 7) is 0. The van der Waals surface area contributed by atoms with E-state index in [-0.39, 0.29) is 5.91 Å². The maximum absolute atomic E-state index is 12.3. The normalized spacial score (nSPS) is 15.5. The van der Waals surface area contributed by atoms with Crippen LogP contribution in [0.3, 0.4) is 0 Å². The Morgan fingerprint density at radius 1 is 1.00 bits per heavy atom. The lowest BCUT2D eigenvalue weighted by atomic mass is 10.1. The Bertz CT molecular complexity index is 673. The molecule has 3 rings (SSSR count). The third kappa shape index (κ3) is 6.04. The Morgan fingerprint density at radius 3 is 2.40 bits per heavy atom. The third-order valence-corrected chi connectivity index (χ3v) is 6.26. The predicted molar refractivity (Wildman–Crippen MR) is 103 cm³/mol. The zero-order valence-electron chi connectivity index (χ0n) is 14.2. The van der Waals surface area contributed by atoms with Crippen LogP contribution in [0, 0.1) is 0 Å². The Labute approximate surface area is 157 Å². The quantitative estimate of drug-likeness (QED) is 0.594. The summed E-state index contributed by atoms with van der Waals surface area (Å²) >= 11 is 3.04. The van der Waals surface area contributed by atoms with Crippen LogP contribution in [0.15, 0.2) is 57.7 Å². The lowest BCUT2D eigenvalue weighted by Gasteiger charge is -2.16. The van der Waals surface area contributed by atoms with Crippen molar-refractivity contribution in [2.45, 2.75) is 59.5 Å². The van der Waals surface area contributed by atoms with Gasteiger partial charge in [0.05, 0.1) is 5.75 Å². The van der Waals surface area contributed by atoms with Gasteiger partial charge in [-0.25, -0.2) is 9.97 Å². The molecule has 0 bridgehead atoms. The zero-order chi connectivity index (χ0) is 17.3. The lowest BCUT2D eigenvalue weighted by Crippen LogP contribution is -2.35. The minimum Gasteiger partial charge on any atom is -0.353 e. The molecule has 1 aliphatic carbocycles. The molecule has 2 aromatic rings. The summed E-state index contributed by atoms with van der Waals surface area (Å²) in [5.41, 5.74) is 0. The number of hydrogen-bond donors (Lipinski definition) is 1. The van der Waals surface area contributed by atoms with Crippen molar-refractivity contribution in [2.24, 2.45) is 0 Å². The smallest absolute Gasteiger partial charge is 0.230 e. The number of rotatable bonds is 6. The number of carbonyl (C=O) groups is 1. The van der Waals surface area contributed by atoms with E-state index in [1.807, 2.05) is 30.3 Å². The predicted octanol–water partition coefficient (Wildman–Crippen LogP) is 4.56. The summed E-state index contributed by atoms with van der Waals surface area (Å²) < 4.78 is 0. The van der Waals surface area contributed by atoms with Crippen molar-refractivity contribution in [2.75, 3.05) is 5.75 Å². The van der Waals surface area contributed by atoms with Crippen LogP contribution in [0.25, 0.3) is 0 Å². The summed E-state index contributed by atoms with van der Waals surface area (Å²) in [6.07, 6.45) is 10.6. The Balaban J connectivity index is 1.54. The molecule has 1 heterocycles. The van der Waals surface area contributed by atoms with Gasteiger partial charge in [0, 0.05) is 23.3 Å². The number of thioether (sulfide) groups is 1. The van der Waals surface area contributed by atoms with E-state index < -0.39 is 0 Å². The number of nitrogens with one attached hydrogen (secondary N) is 1. The molecule has 1 amide bonds. The minimum atomic E-state index is 0.0956. The maximum atomic E-state index is 12.3. The molecular formula is C19H23N3OS2. The molecule has 132 valence electrons. The van der Waals surface area contributed by atoms with E-state index in [4.69, 9.17) is 0 Å². The number of aromatic nitrogens is 2. The molecule has 25 heavy (non-hydrogen) atoms. The molecule has 0 radical (unpaired) electrons. The molecule has 1 fully saturated rings. The average Bonchev–Trinajstić information content (AvgIpc) is 2.90. The minimum absolute atomic E-state index is 0.0956. The van der Waals surface area contributed by atoms with Gasteiger partial charge in [-0.15, -0.1) is 0 Å². The average molecular weight is 374 g/mol. The molecule has 0 atom stereocenters. The van der Waals surface area contributed by atoms with Crippen LogP contribution in [0.5, 0.6) is 0 Å². The van der Waals surface area contributed by atoms with Gasteiger partial charge in [-0.05, 0) is 25.0 Å². The molecule has 0 saturated heterocycles. The largest absolute Gasteiger partial charge is 0.353 e. The standard InChI is InChI=1S/C19H23N3OS2/c23-17(22-15-8-4-1-2-5-9-15)14-24-18-19(21-13-12-20-18)25-16-10-6-3-7-11-16/h3,6-7,10-13,15H,1-2,4-5,8-9,14H2,(H,22,23). The fourth-order valence-corrected chi connectivity index (χ4v) is 4.64. The van der Waals surface area contributed by atoms with Gasteiger partial charge in [0.25, 0.3) is 0 Å². The van der Waals surface area contributed by atoms with Crippen molar-refractivity contribution in [1.82, 2.24) is 15.3 Å². The van der Waals surface area contributed by atoms with E-state index >= 15 is 0 Å². The monoisotopic (exact) mass is 373 g/mol. The number of hydrogen-bond acceptors (Lipinski definition) is 5. The van der Waals surface area contributed by atoms with E-state index in [9.17, 15) is 4.79 Å². The first-order valence-corrected chi connectivity index (χ1v) is 10.6. The zero-order valence-corrected chi connectivity index (χ0v) is 15.8. The van der Waals surface area contributed by atoms with E-state index in [1.54, 1.807) is 24.2 Å². The van der Waals surface area contributed by atoms with E-state index in [2.05, 4.69) is 15.3 Å². The highest BCUT2D eigenvalue weighted by molar-refractivity contribution is 8.02. The van der Waals surface area contributed by atoms with Crippen LogP contribution in [-0.2, 0) is 4.79 Å². The first-order valence-electron chi connectivity index (χ1n) is 8.77. The highest BCUT2D eigenvalue weighted by Crippen LogP contribution is 2.32.